The highest BCUT2D eigenvalue weighted by Crippen LogP contribution is 2.08. The lowest BCUT2D eigenvalue weighted by Gasteiger charge is -2.05. The zero-order chi connectivity index (χ0) is 11.8. The Bertz CT molecular complexity index is 355. The van der Waals surface area contributed by atoms with Crippen LogP contribution in [0.4, 0.5) is 0 Å². The van der Waals surface area contributed by atoms with Crippen LogP contribution in [0.25, 0.3) is 6.08 Å². The standard InChI is InChI=1S/C13H16O3/c1-3-16-10-12(13(14)15-2)9-11-7-5-4-6-8-11/h4-9H,3,10H2,1-2H3/b12-9+. The Labute approximate surface area is 95.7 Å². The highest BCUT2D eigenvalue weighted by molar-refractivity contribution is 5.93. The maximum Gasteiger partial charge on any atom is 0.336 e. The first-order chi connectivity index (χ1) is 7.77. The Kier molecular flexibility index (Phi) is 5.29. The Hall–Kier alpha value is -1.61. The van der Waals surface area contributed by atoms with E-state index in [1.54, 1.807) is 6.08 Å². The third-order valence-electron chi connectivity index (χ3n) is 2.05. The lowest BCUT2D eigenvalue weighted by Crippen LogP contribution is -2.10. The van der Waals surface area contributed by atoms with Gasteiger partial charge < -0.3 is 9.47 Å². The smallest absolute Gasteiger partial charge is 0.336 e. The van der Waals surface area contributed by atoms with Gasteiger partial charge in [-0.3, -0.25) is 0 Å². The topological polar surface area (TPSA) is 35.5 Å². The van der Waals surface area contributed by atoms with Gasteiger partial charge in [0.2, 0.25) is 0 Å². The Morgan fingerprint density at radius 1 is 1.31 bits per heavy atom. The predicted molar refractivity (Wildman–Crippen MR) is 62.9 cm³/mol. The number of ether oxygens (including phenoxy) is 2. The van der Waals surface area contributed by atoms with Crippen molar-refractivity contribution in [2.75, 3.05) is 20.3 Å². The van der Waals surface area contributed by atoms with E-state index in [0.29, 0.717) is 12.2 Å². The van der Waals surface area contributed by atoms with Crippen molar-refractivity contribution in [1.82, 2.24) is 0 Å². The van der Waals surface area contributed by atoms with Crippen molar-refractivity contribution in [2.24, 2.45) is 0 Å². The van der Waals surface area contributed by atoms with E-state index in [1.807, 2.05) is 37.3 Å². The second-order valence-corrected chi connectivity index (χ2v) is 3.21. The summed E-state index contributed by atoms with van der Waals surface area (Å²) >= 11 is 0. The molecular formula is C13H16O3. The second-order valence-electron chi connectivity index (χ2n) is 3.21. The third-order valence-corrected chi connectivity index (χ3v) is 2.05. The summed E-state index contributed by atoms with van der Waals surface area (Å²) in [6.45, 7) is 2.73. The van der Waals surface area contributed by atoms with E-state index in [0.717, 1.165) is 5.56 Å². The molecule has 0 aliphatic carbocycles. The van der Waals surface area contributed by atoms with E-state index in [4.69, 9.17) is 9.47 Å². The first-order valence-electron chi connectivity index (χ1n) is 5.19. The highest BCUT2D eigenvalue weighted by atomic mass is 16.5. The highest BCUT2D eigenvalue weighted by Gasteiger charge is 2.09. The number of carbonyl (C=O) groups is 1. The predicted octanol–water partition coefficient (Wildman–Crippen LogP) is 2.28. The van der Waals surface area contributed by atoms with Gasteiger partial charge in [0.15, 0.2) is 0 Å². The van der Waals surface area contributed by atoms with Gasteiger partial charge in [0.25, 0.3) is 0 Å². The first-order valence-corrected chi connectivity index (χ1v) is 5.19. The molecule has 16 heavy (non-hydrogen) atoms. The van der Waals surface area contributed by atoms with Crippen LogP contribution in [0.2, 0.25) is 0 Å². The van der Waals surface area contributed by atoms with E-state index in [-0.39, 0.29) is 12.6 Å². The third kappa shape index (κ3) is 3.87. The van der Waals surface area contributed by atoms with Crippen molar-refractivity contribution in [2.45, 2.75) is 6.92 Å². The summed E-state index contributed by atoms with van der Waals surface area (Å²) in [6.07, 6.45) is 1.78. The van der Waals surface area contributed by atoms with Crippen LogP contribution in [-0.4, -0.2) is 26.3 Å². The molecule has 0 bridgehead atoms. The Balaban J connectivity index is 2.83. The van der Waals surface area contributed by atoms with Crippen LogP contribution in [0.5, 0.6) is 0 Å². The zero-order valence-corrected chi connectivity index (χ0v) is 9.60. The van der Waals surface area contributed by atoms with E-state index < -0.39 is 0 Å². The Morgan fingerprint density at radius 3 is 2.56 bits per heavy atom. The van der Waals surface area contributed by atoms with Crippen LogP contribution >= 0.6 is 0 Å². The van der Waals surface area contributed by atoms with Crippen molar-refractivity contribution in [3.8, 4) is 0 Å². The van der Waals surface area contributed by atoms with E-state index in [2.05, 4.69) is 0 Å². The zero-order valence-electron chi connectivity index (χ0n) is 9.60. The maximum atomic E-state index is 11.5. The van der Waals surface area contributed by atoms with E-state index in [9.17, 15) is 4.79 Å². The molecule has 3 heteroatoms. The second kappa shape index (κ2) is 6.80. The number of hydrogen-bond acceptors (Lipinski definition) is 3. The van der Waals surface area contributed by atoms with Crippen molar-refractivity contribution in [3.63, 3.8) is 0 Å². The first kappa shape index (κ1) is 12.5. The van der Waals surface area contributed by atoms with Crippen LogP contribution in [0, 0.1) is 0 Å². The van der Waals surface area contributed by atoms with E-state index in [1.165, 1.54) is 7.11 Å². The molecule has 0 saturated carbocycles. The number of carbonyl (C=O) groups excluding carboxylic acids is 1. The van der Waals surface area contributed by atoms with Gasteiger partial charge in [-0.25, -0.2) is 4.79 Å². The molecule has 0 N–H and O–H groups in total. The molecule has 1 rings (SSSR count). The normalized spacial score (nSPS) is 11.2. The molecule has 0 aliphatic heterocycles. The maximum absolute atomic E-state index is 11.5. The molecule has 3 nitrogen and oxygen atoms in total. The summed E-state index contributed by atoms with van der Waals surface area (Å²) in [6, 6.07) is 9.62. The van der Waals surface area contributed by atoms with E-state index >= 15 is 0 Å². The monoisotopic (exact) mass is 220 g/mol. The average molecular weight is 220 g/mol. The number of methoxy groups -OCH3 is 1. The molecule has 1 aromatic carbocycles. The van der Waals surface area contributed by atoms with Gasteiger partial charge in [0, 0.05) is 6.61 Å². The quantitative estimate of drug-likeness (QED) is 0.564. The number of benzene rings is 1. The molecule has 0 amide bonds. The molecule has 86 valence electrons. The summed E-state index contributed by atoms with van der Waals surface area (Å²) in [7, 11) is 1.37. The molecule has 0 radical (unpaired) electrons. The fourth-order valence-electron chi connectivity index (χ4n) is 1.25. The average Bonchev–Trinajstić information content (AvgIpc) is 2.34. The molecular weight excluding hydrogens is 204 g/mol. The fraction of sp³-hybridized carbons (Fsp3) is 0.308. The molecule has 1 aromatic rings. The van der Waals surface area contributed by atoms with Crippen molar-refractivity contribution < 1.29 is 14.3 Å². The lowest BCUT2D eigenvalue weighted by molar-refractivity contribution is -0.136. The fourth-order valence-corrected chi connectivity index (χ4v) is 1.25. The van der Waals surface area contributed by atoms with Crippen molar-refractivity contribution in [3.05, 3.63) is 41.5 Å². The van der Waals surface area contributed by atoms with Crippen LogP contribution < -0.4 is 0 Å². The van der Waals surface area contributed by atoms with Crippen molar-refractivity contribution >= 4 is 12.0 Å². The lowest BCUT2D eigenvalue weighted by atomic mass is 10.1. The minimum absolute atomic E-state index is 0.276. The summed E-state index contributed by atoms with van der Waals surface area (Å²) in [4.78, 5) is 11.5. The van der Waals surface area contributed by atoms with Gasteiger partial charge in [0.05, 0.1) is 19.3 Å². The van der Waals surface area contributed by atoms with Gasteiger partial charge in [-0.15, -0.1) is 0 Å². The summed E-state index contributed by atoms with van der Waals surface area (Å²) in [5.74, 6) is -0.350. The van der Waals surface area contributed by atoms with Crippen LogP contribution in [0.3, 0.4) is 0 Å². The molecule has 0 spiro atoms. The molecule has 0 atom stereocenters. The minimum atomic E-state index is -0.350. The van der Waals surface area contributed by atoms with Gasteiger partial charge in [-0.2, -0.15) is 0 Å². The molecule has 0 aliphatic rings. The summed E-state index contributed by atoms with van der Waals surface area (Å²) < 4.78 is 9.92. The van der Waals surface area contributed by atoms with Crippen LogP contribution in [0.1, 0.15) is 12.5 Å². The molecule has 0 unspecified atom stereocenters. The molecule has 0 aromatic heterocycles. The van der Waals surface area contributed by atoms with Crippen molar-refractivity contribution in [1.29, 1.82) is 0 Å². The number of hydrogen-bond donors (Lipinski definition) is 0. The van der Waals surface area contributed by atoms with Crippen LogP contribution in [0.15, 0.2) is 35.9 Å². The molecule has 0 heterocycles. The van der Waals surface area contributed by atoms with Gasteiger partial charge in [0.1, 0.15) is 0 Å². The molecule has 0 fully saturated rings. The van der Waals surface area contributed by atoms with Gasteiger partial charge >= 0.3 is 5.97 Å². The number of rotatable bonds is 5. The largest absolute Gasteiger partial charge is 0.466 e. The van der Waals surface area contributed by atoms with Gasteiger partial charge in [-0.1, -0.05) is 30.3 Å². The Morgan fingerprint density at radius 2 is 2.00 bits per heavy atom. The SMILES string of the molecule is CCOC/C(=C\c1ccccc1)C(=O)OC. The van der Waals surface area contributed by atoms with Gasteiger partial charge in [-0.05, 0) is 18.6 Å². The van der Waals surface area contributed by atoms with Crippen LogP contribution in [-0.2, 0) is 14.3 Å². The molecule has 0 saturated heterocycles. The minimum Gasteiger partial charge on any atom is -0.466 e. The number of esters is 1. The summed E-state index contributed by atoms with van der Waals surface area (Å²) in [5.41, 5.74) is 1.48. The summed E-state index contributed by atoms with van der Waals surface area (Å²) in [5, 5.41) is 0.